The zero-order chi connectivity index (χ0) is 17.2. The second-order valence-electron chi connectivity index (χ2n) is 5.89. The summed E-state index contributed by atoms with van der Waals surface area (Å²) in [6.45, 7) is 5.25. The minimum absolute atomic E-state index is 0. The number of ether oxygens (including phenoxy) is 2. The van der Waals surface area contributed by atoms with Crippen LogP contribution < -0.4 is 10.9 Å². The first-order valence-electron chi connectivity index (χ1n) is 6.90. The Morgan fingerprint density at radius 3 is 2.42 bits per heavy atom. The molecule has 0 atom stereocenters. The first-order valence-corrected chi connectivity index (χ1v) is 6.90. The molecule has 0 radical (unpaired) electrons. The predicted octanol–water partition coefficient (Wildman–Crippen LogP) is 0.164. The molecule has 0 bridgehead atoms. The highest BCUT2D eigenvalue weighted by Crippen LogP contribution is 2.17. The lowest BCUT2D eigenvalue weighted by Crippen LogP contribution is -2.29. The van der Waals surface area contributed by atoms with Gasteiger partial charge in [-0.1, -0.05) is 20.8 Å². The predicted molar refractivity (Wildman–Crippen MR) is 86.4 cm³/mol. The molecule has 10 nitrogen and oxygen atoms in total. The monoisotopic (exact) mass is 339 g/mol. The molecular weight excluding hydrogens is 318 g/mol. The number of H-pyrrole nitrogens is 1. The lowest BCUT2D eigenvalue weighted by molar-refractivity contribution is -0.123. The molecular formula is C14H21N5O5. The molecule has 10 heteroatoms. The van der Waals surface area contributed by atoms with Gasteiger partial charge in [0.1, 0.15) is 5.69 Å². The molecule has 0 fully saturated rings. The van der Waals surface area contributed by atoms with Crippen molar-refractivity contribution < 1.29 is 19.7 Å². The van der Waals surface area contributed by atoms with Crippen molar-refractivity contribution >= 4 is 23.0 Å². The second-order valence-corrected chi connectivity index (χ2v) is 5.89. The number of anilines is 1. The fourth-order valence-corrected chi connectivity index (χ4v) is 1.74. The number of carbonyl (C=O) groups excluding carboxylic acids is 1. The van der Waals surface area contributed by atoms with Crippen LogP contribution >= 0.6 is 0 Å². The van der Waals surface area contributed by atoms with Crippen LogP contribution in [0.4, 0.5) is 5.95 Å². The smallest absolute Gasteiger partial charge is 0.280 e. The van der Waals surface area contributed by atoms with E-state index in [0.717, 1.165) is 0 Å². The number of aromatic amines is 1. The molecule has 0 aliphatic heterocycles. The van der Waals surface area contributed by atoms with E-state index in [4.69, 9.17) is 9.47 Å². The molecule has 0 aromatic carbocycles. The van der Waals surface area contributed by atoms with Crippen LogP contribution in [0.15, 0.2) is 11.0 Å². The lowest BCUT2D eigenvalue weighted by Gasteiger charge is -2.17. The molecule has 0 unspecified atom stereocenters. The number of fused-ring (bicyclic) bond motifs is 1. The third-order valence-electron chi connectivity index (χ3n) is 3.02. The summed E-state index contributed by atoms with van der Waals surface area (Å²) < 4.78 is 10.2. The van der Waals surface area contributed by atoms with E-state index in [9.17, 15) is 9.59 Å². The zero-order valence-corrected chi connectivity index (χ0v) is 14.1. The average molecular weight is 339 g/mol. The lowest BCUT2D eigenvalue weighted by atomic mass is 9.96. The van der Waals surface area contributed by atoms with Gasteiger partial charge in [0.2, 0.25) is 18.1 Å². The molecule has 4 N–H and O–H groups in total. The van der Waals surface area contributed by atoms with E-state index in [1.807, 2.05) is 0 Å². The highest BCUT2D eigenvalue weighted by atomic mass is 16.7. The number of amides is 1. The Morgan fingerprint density at radius 1 is 1.25 bits per heavy atom. The van der Waals surface area contributed by atoms with Crippen LogP contribution in [0.3, 0.4) is 0 Å². The Kier molecular flexibility index (Phi) is 6.07. The Labute approximate surface area is 137 Å². The minimum atomic E-state index is -0.722. The van der Waals surface area contributed by atoms with Gasteiger partial charge in [0, 0.05) is 19.6 Å². The van der Waals surface area contributed by atoms with Gasteiger partial charge >= 0.3 is 0 Å². The first-order chi connectivity index (χ1) is 10.8. The third-order valence-corrected chi connectivity index (χ3v) is 3.02. The van der Waals surface area contributed by atoms with Crippen molar-refractivity contribution in [1.82, 2.24) is 19.9 Å². The van der Waals surface area contributed by atoms with Crippen LogP contribution in [0.25, 0.3) is 11.2 Å². The number of hydrogen-bond donors (Lipinski definition) is 2. The van der Waals surface area contributed by atoms with E-state index in [2.05, 4.69) is 25.3 Å². The van der Waals surface area contributed by atoms with Gasteiger partial charge in [0.05, 0.1) is 6.20 Å². The van der Waals surface area contributed by atoms with Crippen molar-refractivity contribution in [2.24, 2.45) is 5.41 Å². The highest BCUT2D eigenvalue weighted by molar-refractivity contribution is 5.93. The molecule has 0 saturated heterocycles. The molecule has 0 saturated carbocycles. The fourth-order valence-electron chi connectivity index (χ4n) is 1.74. The van der Waals surface area contributed by atoms with Crippen LogP contribution in [0.2, 0.25) is 0 Å². The second kappa shape index (κ2) is 7.43. The number of carbonyl (C=O) groups is 1. The van der Waals surface area contributed by atoms with Crippen molar-refractivity contribution in [3.63, 3.8) is 0 Å². The molecule has 1 amide bonds. The zero-order valence-electron chi connectivity index (χ0n) is 14.1. The summed E-state index contributed by atoms with van der Waals surface area (Å²) in [7, 11) is 2.92. The van der Waals surface area contributed by atoms with Gasteiger partial charge in [-0.3, -0.25) is 19.9 Å². The third kappa shape index (κ3) is 4.10. The molecule has 24 heavy (non-hydrogen) atoms. The quantitative estimate of drug-likeness (QED) is 0.753. The van der Waals surface area contributed by atoms with Crippen molar-refractivity contribution in [1.29, 1.82) is 0 Å². The van der Waals surface area contributed by atoms with Gasteiger partial charge in [-0.15, -0.1) is 0 Å². The Morgan fingerprint density at radius 2 is 1.88 bits per heavy atom. The Hall–Kier alpha value is -2.43. The summed E-state index contributed by atoms with van der Waals surface area (Å²) >= 11 is 0. The maximum atomic E-state index is 12.0. The van der Waals surface area contributed by atoms with E-state index in [1.165, 1.54) is 20.4 Å². The number of methoxy groups -OCH3 is 2. The summed E-state index contributed by atoms with van der Waals surface area (Å²) in [4.78, 5) is 38.9. The van der Waals surface area contributed by atoms with E-state index >= 15 is 0 Å². The van der Waals surface area contributed by atoms with Crippen molar-refractivity contribution in [2.45, 2.75) is 27.1 Å². The number of nitrogens with one attached hydrogen (secondary N) is 2. The van der Waals surface area contributed by atoms with E-state index in [1.54, 1.807) is 20.8 Å². The van der Waals surface area contributed by atoms with E-state index < -0.39 is 17.3 Å². The summed E-state index contributed by atoms with van der Waals surface area (Å²) in [6.07, 6.45) is 0.658. The van der Waals surface area contributed by atoms with Crippen molar-refractivity contribution in [2.75, 3.05) is 19.5 Å². The van der Waals surface area contributed by atoms with Gasteiger partial charge in [0.15, 0.2) is 11.2 Å². The average Bonchev–Trinajstić information content (AvgIpc) is 2.47. The summed E-state index contributed by atoms with van der Waals surface area (Å²) in [6, 6.07) is 0. The van der Waals surface area contributed by atoms with Gasteiger partial charge in [-0.05, 0) is 0 Å². The standard InChI is InChI=1S/C14H19N5O4.H2O/c1-14(2,3)12(21)19-13-17-9-8(10(20)18-13)15-6-7(16-9)11(22-4)23-5;/h6,11H,1-5H3,(H2,16,17,18,19,20,21);1H2. The van der Waals surface area contributed by atoms with E-state index in [0.29, 0.717) is 5.69 Å². The van der Waals surface area contributed by atoms with Gasteiger partial charge in [-0.2, -0.15) is 4.98 Å². The van der Waals surface area contributed by atoms with Gasteiger partial charge in [0.25, 0.3) is 5.56 Å². The van der Waals surface area contributed by atoms with Crippen molar-refractivity contribution in [3.8, 4) is 0 Å². The molecule has 0 aliphatic carbocycles. The van der Waals surface area contributed by atoms with Crippen LogP contribution in [0.5, 0.6) is 0 Å². The minimum Gasteiger partial charge on any atom is -0.412 e. The van der Waals surface area contributed by atoms with Gasteiger partial charge in [-0.25, -0.2) is 9.97 Å². The van der Waals surface area contributed by atoms with E-state index in [-0.39, 0.29) is 28.5 Å². The van der Waals surface area contributed by atoms with Crippen molar-refractivity contribution in [3.05, 3.63) is 22.2 Å². The highest BCUT2D eigenvalue weighted by Gasteiger charge is 2.22. The largest absolute Gasteiger partial charge is 0.412 e. The molecule has 2 rings (SSSR count). The maximum absolute atomic E-state index is 12.0. The number of rotatable bonds is 4. The maximum Gasteiger partial charge on any atom is 0.280 e. The SMILES string of the molecule is COC(OC)c1cnc2c(=O)[nH]c(NC(=O)C(C)(C)C)nc2n1.O. The number of hydrogen-bond acceptors (Lipinski definition) is 7. The normalized spacial score (nSPS) is 11.4. The van der Waals surface area contributed by atoms with Gasteiger partial charge < -0.3 is 14.9 Å². The number of nitrogens with zero attached hydrogens (tertiary/aromatic N) is 3. The molecule has 2 aromatic rings. The molecule has 0 aliphatic rings. The topological polar surface area (TPSA) is 151 Å². The summed E-state index contributed by atoms with van der Waals surface area (Å²) in [5.41, 5.74) is -0.598. The first kappa shape index (κ1) is 19.6. The summed E-state index contributed by atoms with van der Waals surface area (Å²) in [5, 5.41) is 2.56. The Bertz CT molecular complexity index is 779. The van der Waals surface area contributed by atoms with Crippen LogP contribution in [0, 0.1) is 5.41 Å². The Balaban J connectivity index is 0.00000288. The molecule has 2 heterocycles. The summed E-state index contributed by atoms with van der Waals surface area (Å²) in [5.74, 6) is -0.268. The van der Waals surface area contributed by atoms with Crippen LogP contribution in [-0.4, -0.2) is 45.5 Å². The fraction of sp³-hybridized carbons (Fsp3) is 0.500. The molecule has 2 aromatic heterocycles. The molecule has 0 spiro atoms. The van der Waals surface area contributed by atoms with Crippen LogP contribution in [-0.2, 0) is 14.3 Å². The van der Waals surface area contributed by atoms with Crippen LogP contribution in [0.1, 0.15) is 32.8 Å². The molecule has 132 valence electrons. The number of aromatic nitrogens is 4.